The van der Waals surface area contributed by atoms with Gasteiger partial charge in [-0.15, -0.1) is 23.1 Å². The summed E-state index contributed by atoms with van der Waals surface area (Å²) in [6.07, 6.45) is 1.85. The molecule has 4 N–H and O–H groups in total. The van der Waals surface area contributed by atoms with Gasteiger partial charge in [-0.25, -0.2) is 14.3 Å². The summed E-state index contributed by atoms with van der Waals surface area (Å²) in [6.45, 7) is 1.89. The lowest BCUT2D eigenvalue weighted by Crippen LogP contribution is -2.75. The van der Waals surface area contributed by atoms with Crippen molar-refractivity contribution in [2.24, 2.45) is 10.6 Å². The fourth-order valence-corrected chi connectivity index (χ4v) is 7.88. The van der Waals surface area contributed by atoms with Crippen molar-refractivity contribution in [3.8, 4) is 0 Å². The van der Waals surface area contributed by atoms with Crippen molar-refractivity contribution in [1.82, 2.24) is 15.2 Å². The number of amides is 2. The van der Waals surface area contributed by atoms with E-state index < -0.39 is 52.8 Å². The van der Waals surface area contributed by atoms with Crippen LogP contribution in [0.25, 0.3) is 0 Å². The number of aromatic nitrogens is 2. The summed E-state index contributed by atoms with van der Waals surface area (Å²) in [5, 5.41) is 18.2. The van der Waals surface area contributed by atoms with Crippen LogP contribution in [0.4, 0.5) is 5.13 Å². The van der Waals surface area contributed by atoms with Crippen LogP contribution in [0.1, 0.15) is 36.3 Å². The molecule has 13 nitrogen and oxygen atoms in total. The highest BCUT2D eigenvalue weighted by Crippen LogP contribution is 2.42. The fraction of sp³-hybridized carbons (Fsp3) is 0.286. The maximum absolute atomic E-state index is 13.7. The molecule has 50 heavy (non-hydrogen) atoms. The minimum atomic E-state index is -1.21. The first-order valence-electron chi connectivity index (χ1n) is 15.8. The molecule has 2 aromatic carbocycles. The number of β-lactam (4-membered cyclic amide) rings is 1. The number of carbonyl (C=O) groups excluding carboxylic acids is 3. The van der Waals surface area contributed by atoms with Crippen LogP contribution >= 0.6 is 23.1 Å². The third-order valence-electron chi connectivity index (χ3n) is 8.47. The van der Waals surface area contributed by atoms with E-state index in [4.69, 9.17) is 15.3 Å². The van der Waals surface area contributed by atoms with Crippen molar-refractivity contribution >= 4 is 57.7 Å². The highest BCUT2D eigenvalue weighted by Gasteiger charge is 2.59. The van der Waals surface area contributed by atoms with Gasteiger partial charge in [0.1, 0.15) is 17.1 Å². The summed E-state index contributed by atoms with van der Waals surface area (Å²) in [7, 11) is 0. The van der Waals surface area contributed by atoms with Crippen LogP contribution in [0.2, 0.25) is 0 Å². The number of carbonyl (C=O) groups is 4. The number of fused-ring (bicyclic) bond motifs is 1. The molecule has 4 atom stereocenters. The number of carboxylic acid groups (broad SMARTS) is 1. The Kier molecular flexibility index (Phi) is 10.4. The number of thiazole rings is 1. The molecule has 0 saturated carbocycles. The third-order valence-corrected chi connectivity index (χ3v) is 10.7. The molecule has 4 heterocycles. The lowest BCUT2D eigenvalue weighted by atomic mass is 9.86. The van der Waals surface area contributed by atoms with Crippen LogP contribution in [0.15, 0.2) is 102 Å². The number of aliphatic carboxylic acids is 1. The number of oxime groups is 1. The standard InChI is InChI=1S/C35H34N6O7S2/c1-2-25(32(44)47-28(22-12-6-3-7-13-22)23-14-8-4-9-15-23)48-39-26(24-18-49-34(36)37-24)29(42)38-27-30(43)41-20-35(33(45)46,21-50-31(27)41)19-40-16-10-5-11-17-40/h3-18,25,27-28,31H,2,19-21H2,1H3,(H3-,36,37,38,42,45,46)/p+1/t25?,27-,31-,35?/m1/s1. The molecule has 0 aliphatic carbocycles. The van der Waals surface area contributed by atoms with Gasteiger partial charge >= 0.3 is 11.9 Å². The average Bonchev–Trinajstić information content (AvgIpc) is 3.57. The Morgan fingerprint density at radius 3 is 2.30 bits per heavy atom. The molecule has 0 bridgehead atoms. The van der Waals surface area contributed by atoms with Crippen molar-refractivity contribution in [3.63, 3.8) is 0 Å². The summed E-state index contributed by atoms with van der Waals surface area (Å²) in [5.41, 5.74) is 6.00. The Balaban J connectivity index is 1.16. The molecule has 2 unspecified atom stereocenters. The van der Waals surface area contributed by atoms with Gasteiger partial charge in [0.05, 0.1) is 0 Å². The second-order valence-electron chi connectivity index (χ2n) is 11.9. The van der Waals surface area contributed by atoms with Crippen molar-refractivity contribution in [3.05, 3.63) is 113 Å². The van der Waals surface area contributed by atoms with Crippen molar-refractivity contribution < 1.29 is 38.4 Å². The highest BCUT2D eigenvalue weighted by atomic mass is 32.2. The molecule has 2 amide bonds. The van der Waals surface area contributed by atoms with Crippen molar-refractivity contribution in [2.75, 3.05) is 18.0 Å². The normalized spacial score (nSPS) is 20.7. The van der Waals surface area contributed by atoms with E-state index in [-0.39, 0.29) is 41.8 Å². The fourth-order valence-electron chi connectivity index (χ4n) is 5.80. The number of rotatable bonds is 13. The maximum Gasteiger partial charge on any atom is 0.351 e. The number of ether oxygens (including phenoxy) is 1. The van der Waals surface area contributed by atoms with Crippen LogP contribution in [0.3, 0.4) is 0 Å². The van der Waals surface area contributed by atoms with E-state index in [0.717, 1.165) is 22.5 Å². The number of esters is 1. The molecular formula is C35H35N6O7S2+. The Morgan fingerprint density at radius 1 is 1.08 bits per heavy atom. The summed E-state index contributed by atoms with van der Waals surface area (Å²) >= 11 is 2.37. The van der Waals surface area contributed by atoms with Crippen LogP contribution in [0.5, 0.6) is 0 Å². The number of hydrogen-bond donors (Lipinski definition) is 3. The molecule has 2 aromatic heterocycles. The third kappa shape index (κ3) is 7.33. The first-order chi connectivity index (χ1) is 24.2. The van der Waals surface area contributed by atoms with Crippen LogP contribution in [-0.2, 0) is 35.3 Å². The number of hydrogen-bond acceptors (Lipinski definition) is 11. The smallest absolute Gasteiger partial charge is 0.351 e. The van der Waals surface area contributed by atoms with Gasteiger partial charge in [-0.1, -0.05) is 78.8 Å². The number of anilines is 1. The average molecular weight is 716 g/mol. The number of nitrogen functional groups attached to an aromatic ring is 1. The second kappa shape index (κ2) is 15.1. The zero-order valence-electron chi connectivity index (χ0n) is 27.0. The van der Waals surface area contributed by atoms with E-state index >= 15 is 0 Å². The Hall–Kier alpha value is -5.28. The molecule has 6 rings (SSSR count). The largest absolute Gasteiger partial charge is 0.481 e. The van der Waals surface area contributed by atoms with Gasteiger partial charge in [0, 0.05) is 29.8 Å². The molecule has 258 valence electrons. The van der Waals surface area contributed by atoms with Gasteiger partial charge in [0.2, 0.25) is 12.0 Å². The second-order valence-corrected chi connectivity index (χ2v) is 13.9. The number of carboxylic acids is 1. The van der Waals surface area contributed by atoms with Gasteiger partial charge in [0.25, 0.3) is 5.91 Å². The molecular weight excluding hydrogens is 681 g/mol. The van der Waals surface area contributed by atoms with E-state index in [9.17, 15) is 24.3 Å². The maximum atomic E-state index is 13.7. The number of nitrogens with two attached hydrogens (primary N) is 1. The van der Waals surface area contributed by atoms with E-state index in [1.54, 1.807) is 23.9 Å². The number of thioether (sulfide) groups is 1. The predicted molar refractivity (Wildman–Crippen MR) is 186 cm³/mol. The van der Waals surface area contributed by atoms with Crippen LogP contribution in [0, 0.1) is 5.41 Å². The SMILES string of the molecule is CCC(ON=C(C(=O)N[C@@H]1C(=O)N2CC(C[n+]3ccccc3)(C(=O)O)CS[C@H]12)c1csc(N)n1)C(=O)OC(c1ccccc1)c1ccccc1. The van der Waals surface area contributed by atoms with Crippen molar-refractivity contribution in [1.29, 1.82) is 0 Å². The Bertz CT molecular complexity index is 1840. The molecule has 15 heteroatoms. The zero-order chi connectivity index (χ0) is 35.3. The summed E-state index contributed by atoms with van der Waals surface area (Å²) in [6, 6.07) is 23.1. The summed E-state index contributed by atoms with van der Waals surface area (Å²) in [4.78, 5) is 64.2. The number of benzene rings is 2. The van der Waals surface area contributed by atoms with Crippen molar-refractivity contribution in [2.45, 2.75) is 43.5 Å². The van der Waals surface area contributed by atoms with Crippen LogP contribution < -0.4 is 15.6 Å². The van der Waals surface area contributed by atoms with Crippen LogP contribution in [-0.4, -0.2) is 74.3 Å². The molecule has 4 aromatic rings. The minimum absolute atomic E-state index is 0.00692. The van der Waals surface area contributed by atoms with E-state index in [1.165, 1.54) is 22.0 Å². The van der Waals surface area contributed by atoms with E-state index in [0.29, 0.717) is 0 Å². The molecule has 0 spiro atoms. The summed E-state index contributed by atoms with van der Waals surface area (Å²) in [5.74, 6) is -2.65. The Morgan fingerprint density at radius 2 is 1.72 bits per heavy atom. The quantitative estimate of drug-likeness (QED) is 0.0613. The van der Waals surface area contributed by atoms with Gasteiger partial charge in [-0.3, -0.25) is 14.4 Å². The highest BCUT2D eigenvalue weighted by molar-refractivity contribution is 8.00. The molecule has 2 fully saturated rings. The molecule has 2 saturated heterocycles. The predicted octanol–water partition coefficient (Wildman–Crippen LogP) is 3.02. The lowest BCUT2D eigenvalue weighted by molar-refractivity contribution is -0.706. The van der Waals surface area contributed by atoms with Gasteiger partial charge < -0.3 is 30.6 Å². The number of pyridine rings is 1. The number of nitrogens with one attached hydrogen (secondary N) is 1. The first-order valence-corrected chi connectivity index (χ1v) is 17.8. The first kappa shape index (κ1) is 34.6. The van der Waals surface area contributed by atoms with Gasteiger partial charge in [-0.2, -0.15) is 0 Å². The van der Waals surface area contributed by atoms with Gasteiger partial charge in [0.15, 0.2) is 41.3 Å². The topological polar surface area (TPSA) is 177 Å². The zero-order valence-corrected chi connectivity index (χ0v) is 28.6. The Labute approximate surface area is 296 Å². The van der Waals surface area contributed by atoms with Gasteiger partial charge in [-0.05, 0) is 17.5 Å². The number of nitrogens with zero attached hydrogens (tertiary/aromatic N) is 4. The molecule has 2 aliphatic heterocycles. The monoisotopic (exact) mass is 715 g/mol. The minimum Gasteiger partial charge on any atom is -0.481 e. The summed E-state index contributed by atoms with van der Waals surface area (Å²) < 4.78 is 7.73. The van der Waals surface area contributed by atoms with E-state index in [2.05, 4.69) is 15.5 Å². The molecule has 0 radical (unpaired) electrons. The van der Waals surface area contributed by atoms with E-state index in [1.807, 2.05) is 78.9 Å². The lowest BCUT2D eigenvalue weighted by Gasteiger charge is -2.53. The molecule has 2 aliphatic rings.